The number of carbonyl (C=O) groups is 3. The summed E-state index contributed by atoms with van der Waals surface area (Å²) in [4.78, 5) is 40.3. The Hall–Kier alpha value is -2.73. The van der Waals surface area contributed by atoms with Crippen LogP contribution < -0.4 is 0 Å². The summed E-state index contributed by atoms with van der Waals surface area (Å²) < 4.78 is 39.4. The molecule has 0 radical (unpaired) electrons. The van der Waals surface area contributed by atoms with Crippen molar-refractivity contribution < 1.29 is 93.5 Å². The molecule has 1 spiro atoms. The molecule has 52 heavy (non-hydrogen) atoms. The Morgan fingerprint density at radius 3 is 2.13 bits per heavy atom. The van der Waals surface area contributed by atoms with Crippen LogP contribution in [0.5, 0.6) is 0 Å². The zero-order valence-corrected chi connectivity index (χ0v) is 27.9. The van der Waals surface area contributed by atoms with Crippen molar-refractivity contribution in [2.75, 3.05) is 19.8 Å². The molecule has 1 saturated carbocycles. The van der Waals surface area contributed by atoms with Crippen molar-refractivity contribution in [3.05, 3.63) is 35.9 Å². The second kappa shape index (κ2) is 15.2. The Morgan fingerprint density at radius 2 is 1.48 bits per heavy atom. The summed E-state index contributed by atoms with van der Waals surface area (Å²) in [5.41, 5.74) is -2.25. The summed E-state index contributed by atoms with van der Waals surface area (Å²) in [5.74, 6) is -6.57. The van der Waals surface area contributed by atoms with Crippen LogP contribution in [0.25, 0.3) is 0 Å². The van der Waals surface area contributed by atoms with Gasteiger partial charge in [-0.25, -0.2) is 4.79 Å². The number of rotatable bonds is 8. The molecule has 1 aromatic rings. The van der Waals surface area contributed by atoms with Gasteiger partial charge in [0.2, 0.25) is 17.9 Å². The molecule has 17 atom stereocenters. The van der Waals surface area contributed by atoms with Crippen LogP contribution in [-0.2, 0) is 42.7 Å². The van der Waals surface area contributed by atoms with Gasteiger partial charge in [-0.15, -0.1) is 0 Å². The van der Waals surface area contributed by atoms with E-state index in [0.29, 0.717) is 0 Å². The van der Waals surface area contributed by atoms with Gasteiger partial charge in [0.05, 0.1) is 37.4 Å². The number of aliphatic hydroxyl groups excluding tert-OH is 8. The maximum absolute atomic E-state index is 13.8. The summed E-state index contributed by atoms with van der Waals surface area (Å²) in [6.45, 7) is -0.0430. The predicted octanol–water partition coefficient (Wildman–Crippen LogP) is -4.40. The van der Waals surface area contributed by atoms with Crippen molar-refractivity contribution >= 4 is 17.7 Å². The largest absolute Gasteiger partial charge is 0.458 e. The second-order valence-corrected chi connectivity index (χ2v) is 13.9. The third-order valence-electron chi connectivity index (χ3n) is 10.5. The maximum Gasteiger partial charge on any atom is 0.338 e. The molecule has 9 N–H and O–H groups in total. The van der Waals surface area contributed by atoms with Gasteiger partial charge in [-0.05, 0) is 25.0 Å². The fraction of sp³-hybridized carbons (Fsp3) is 0.727. The lowest BCUT2D eigenvalue weighted by molar-refractivity contribution is -0.363. The fourth-order valence-corrected chi connectivity index (χ4v) is 7.33. The van der Waals surface area contributed by atoms with E-state index in [1.54, 1.807) is 37.3 Å². The molecule has 1 aromatic carbocycles. The number of Topliss-reactive ketones (excluding diaryl/α,β-unsaturated/α-hetero) is 1. The highest BCUT2D eigenvalue weighted by molar-refractivity contribution is 5.97. The van der Waals surface area contributed by atoms with Crippen LogP contribution in [0.3, 0.4) is 0 Å². The summed E-state index contributed by atoms with van der Waals surface area (Å²) in [6.07, 6.45) is -23.4. The molecule has 1 aliphatic carbocycles. The average molecular weight is 745 g/mol. The number of esters is 2. The van der Waals surface area contributed by atoms with Gasteiger partial charge in [0.25, 0.3) is 0 Å². The first-order chi connectivity index (χ1) is 24.6. The zero-order valence-electron chi connectivity index (χ0n) is 27.9. The van der Waals surface area contributed by atoms with E-state index in [9.17, 15) is 60.3 Å². The molecule has 6 rings (SSSR count). The lowest BCUT2D eigenvalue weighted by atomic mass is 9.72. The third kappa shape index (κ3) is 6.88. The molecule has 4 heterocycles. The standard InChI is InChI=1S/C33H44O19/c1-13-12-46-32(9-16(13)47-27(42)14-5-3-2-4-6-14)31(44)33(45)19(36)7-15(8-20(33)52-32)28(43)51-30-26(24(40)22(38)18(11-35)49-30)50-29-25(41)23(39)21(37)17(10-34)48-29/h2-6,13,15-26,29-30,34-41,45H,7-12H2,1H3/t13-,15+,16+,17-,18-,19+,20-,21-,22-,23+,24+,25-,26-,29+,30+,32+,33-/m1/s1. The van der Waals surface area contributed by atoms with Crippen LogP contribution in [0.4, 0.5) is 0 Å². The zero-order chi connectivity index (χ0) is 37.7. The Morgan fingerprint density at radius 1 is 0.846 bits per heavy atom. The molecule has 290 valence electrons. The van der Waals surface area contributed by atoms with Gasteiger partial charge in [-0.1, -0.05) is 25.1 Å². The SMILES string of the molecule is C[C@@H]1CO[C@@]2(C[C@@H]1OC(=O)c1ccccc1)O[C@@H]1C[C@@H](C(=O)O[C@@H]3O[C@H](CO)[C@@H](O)[C@H](O)[C@H]3O[C@@H]3O[C@H](CO)[C@@H](O)[C@H](O)[C@H]3O)C[C@H](O)[C@]1(O)C2=O. The summed E-state index contributed by atoms with van der Waals surface area (Å²) >= 11 is 0. The van der Waals surface area contributed by atoms with Gasteiger partial charge in [-0.3, -0.25) is 9.59 Å². The highest BCUT2D eigenvalue weighted by Crippen LogP contribution is 2.50. The predicted molar refractivity (Wildman–Crippen MR) is 164 cm³/mol. The van der Waals surface area contributed by atoms with E-state index in [1.807, 2.05) is 0 Å². The minimum atomic E-state index is -2.52. The smallest absolute Gasteiger partial charge is 0.338 e. The molecule has 4 saturated heterocycles. The molecule has 5 aliphatic rings. The lowest BCUT2D eigenvalue weighted by Crippen LogP contribution is -2.65. The van der Waals surface area contributed by atoms with Crippen molar-refractivity contribution in [1.29, 1.82) is 0 Å². The van der Waals surface area contributed by atoms with Gasteiger partial charge in [0.15, 0.2) is 18.0 Å². The number of aliphatic hydroxyl groups is 9. The number of ether oxygens (including phenoxy) is 7. The molecule has 4 aliphatic heterocycles. The van der Waals surface area contributed by atoms with Crippen LogP contribution in [0, 0.1) is 11.8 Å². The maximum atomic E-state index is 13.8. The van der Waals surface area contributed by atoms with Crippen LogP contribution in [0.15, 0.2) is 30.3 Å². The van der Waals surface area contributed by atoms with Gasteiger partial charge < -0.3 is 79.1 Å². The minimum absolute atomic E-state index is 0.113. The second-order valence-electron chi connectivity index (χ2n) is 13.9. The van der Waals surface area contributed by atoms with Crippen molar-refractivity contribution in [2.45, 2.75) is 117 Å². The minimum Gasteiger partial charge on any atom is -0.458 e. The van der Waals surface area contributed by atoms with Crippen molar-refractivity contribution in [2.24, 2.45) is 11.8 Å². The fourth-order valence-electron chi connectivity index (χ4n) is 7.33. The highest BCUT2D eigenvalue weighted by Gasteiger charge is 2.71. The first-order valence-electron chi connectivity index (χ1n) is 17.0. The molecule has 0 aromatic heterocycles. The number of hydrogen-bond acceptors (Lipinski definition) is 19. The molecule has 0 amide bonds. The third-order valence-corrected chi connectivity index (χ3v) is 10.5. The Labute approximate surface area is 296 Å². The first kappa shape index (κ1) is 39.0. The van der Waals surface area contributed by atoms with Crippen LogP contribution in [0.2, 0.25) is 0 Å². The molecular weight excluding hydrogens is 700 g/mol. The van der Waals surface area contributed by atoms with E-state index < -0.39 is 141 Å². The molecule has 19 heteroatoms. The number of benzene rings is 1. The Kier molecular flexibility index (Phi) is 11.4. The normalized spacial score (nSPS) is 46.4. The van der Waals surface area contributed by atoms with E-state index in [-0.39, 0.29) is 24.5 Å². The molecular formula is C33H44O19. The number of fused-ring (bicyclic) bond motifs is 1. The lowest BCUT2D eigenvalue weighted by Gasteiger charge is -2.46. The molecule has 19 nitrogen and oxygen atoms in total. The van der Waals surface area contributed by atoms with E-state index >= 15 is 0 Å². The van der Waals surface area contributed by atoms with Crippen molar-refractivity contribution in [3.63, 3.8) is 0 Å². The molecule has 5 fully saturated rings. The Balaban J connectivity index is 1.17. The Bertz CT molecular complexity index is 1450. The van der Waals surface area contributed by atoms with E-state index in [1.165, 1.54) is 0 Å². The number of hydrogen-bond donors (Lipinski definition) is 9. The van der Waals surface area contributed by atoms with Gasteiger partial charge in [0.1, 0.15) is 54.9 Å². The summed E-state index contributed by atoms with van der Waals surface area (Å²) in [5, 5.41) is 94.1. The monoisotopic (exact) mass is 744 g/mol. The van der Waals surface area contributed by atoms with Gasteiger partial charge >= 0.3 is 11.9 Å². The first-order valence-corrected chi connectivity index (χ1v) is 17.0. The van der Waals surface area contributed by atoms with Crippen molar-refractivity contribution in [3.8, 4) is 0 Å². The summed E-state index contributed by atoms with van der Waals surface area (Å²) in [7, 11) is 0. The quantitative estimate of drug-likeness (QED) is 0.114. The van der Waals surface area contributed by atoms with Gasteiger partial charge in [0, 0.05) is 12.3 Å². The van der Waals surface area contributed by atoms with E-state index in [4.69, 9.17) is 33.2 Å². The van der Waals surface area contributed by atoms with E-state index in [2.05, 4.69) is 0 Å². The average Bonchev–Trinajstić information content (AvgIpc) is 3.35. The number of carbonyl (C=O) groups excluding carboxylic acids is 3. The number of ketones is 1. The van der Waals surface area contributed by atoms with Crippen molar-refractivity contribution in [1.82, 2.24) is 0 Å². The topological polar surface area (TPSA) is 298 Å². The van der Waals surface area contributed by atoms with Gasteiger partial charge in [-0.2, -0.15) is 0 Å². The molecule has 0 bridgehead atoms. The van der Waals surface area contributed by atoms with Crippen LogP contribution in [0.1, 0.15) is 36.5 Å². The van der Waals surface area contributed by atoms with Crippen LogP contribution in [-0.4, -0.2) is 175 Å². The van der Waals surface area contributed by atoms with E-state index in [0.717, 1.165) is 0 Å². The molecule has 0 unspecified atom stereocenters. The summed E-state index contributed by atoms with van der Waals surface area (Å²) in [6, 6.07) is 8.15. The van der Waals surface area contributed by atoms with Crippen LogP contribution >= 0.6 is 0 Å². The highest BCUT2D eigenvalue weighted by atomic mass is 16.8.